The van der Waals surface area contributed by atoms with Crippen LogP contribution in [-0.4, -0.2) is 38.9 Å². The predicted molar refractivity (Wildman–Crippen MR) is 73.4 cm³/mol. The maximum absolute atomic E-state index is 12.3. The van der Waals surface area contributed by atoms with E-state index in [0.717, 1.165) is 25.7 Å². The smallest absolute Gasteiger partial charge is 0.323 e. The summed E-state index contributed by atoms with van der Waals surface area (Å²) in [5.74, 6) is -1.53. The number of carboxylic acids is 1. The van der Waals surface area contributed by atoms with Crippen LogP contribution in [0.25, 0.3) is 0 Å². The van der Waals surface area contributed by atoms with E-state index in [4.69, 9.17) is 4.74 Å². The molecular formula is C14H21N3O4. The van der Waals surface area contributed by atoms with Gasteiger partial charge in [-0.25, -0.2) is 4.98 Å². The van der Waals surface area contributed by atoms with Gasteiger partial charge in [-0.3, -0.25) is 14.3 Å². The van der Waals surface area contributed by atoms with E-state index in [2.05, 4.69) is 10.1 Å². The molecule has 0 spiro atoms. The van der Waals surface area contributed by atoms with Crippen molar-refractivity contribution < 1.29 is 19.4 Å². The summed E-state index contributed by atoms with van der Waals surface area (Å²) in [5.41, 5.74) is -1.56. The summed E-state index contributed by atoms with van der Waals surface area (Å²) >= 11 is 0. The highest BCUT2D eigenvalue weighted by molar-refractivity contribution is 5.99. The summed E-state index contributed by atoms with van der Waals surface area (Å²) in [6, 6.07) is 0. The highest BCUT2D eigenvalue weighted by Crippen LogP contribution is 2.43. The molecule has 1 aliphatic rings. The Hall–Kier alpha value is -1.92. The molecule has 1 atom stereocenters. The van der Waals surface area contributed by atoms with E-state index in [1.54, 1.807) is 4.68 Å². The molecule has 7 nitrogen and oxygen atoms in total. The van der Waals surface area contributed by atoms with Gasteiger partial charge < -0.3 is 9.84 Å². The fourth-order valence-corrected chi connectivity index (χ4v) is 3.26. The van der Waals surface area contributed by atoms with E-state index in [1.807, 2.05) is 6.92 Å². The van der Waals surface area contributed by atoms with Gasteiger partial charge in [-0.15, -0.1) is 0 Å². The molecular weight excluding hydrogens is 274 g/mol. The molecule has 7 heteroatoms. The van der Waals surface area contributed by atoms with Crippen molar-refractivity contribution in [3.63, 3.8) is 0 Å². The molecule has 1 saturated carbocycles. The van der Waals surface area contributed by atoms with E-state index in [-0.39, 0.29) is 12.3 Å². The zero-order valence-electron chi connectivity index (χ0n) is 12.4. The maximum Gasteiger partial charge on any atom is 0.323 e. The number of carbonyl (C=O) groups is 2. The van der Waals surface area contributed by atoms with Crippen molar-refractivity contribution in [2.45, 2.75) is 45.6 Å². The predicted octanol–water partition coefficient (Wildman–Crippen LogP) is 1.27. The molecule has 1 heterocycles. The van der Waals surface area contributed by atoms with E-state index >= 15 is 0 Å². The van der Waals surface area contributed by atoms with Crippen molar-refractivity contribution in [2.24, 2.45) is 11.3 Å². The highest BCUT2D eigenvalue weighted by Gasteiger charge is 2.55. The maximum atomic E-state index is 12.3. The topological polar surface area (TPSA) is 94.3 Å². The number of nitrogens with zero attached hydrogens (tertiary/aromatic N) is 3. The average molecular weight is 295 g/mol. The van der Waals surface area contributed by atoms with Gasteiger partial charge in [-0.05, 0) is 25.7 Å². The Morgan fingerprint density at radius 2 is 2.14 bits per heavy atom. The molecule has 0 amide bonds. The molecule has 0 bridgehead atoms. The molecule has 0 radical (unpaired) electrons. The molecule has 1 aromatic rings. The highest BCUT2D eigenvalue weighted by atomic mass is 16.5. The Morgan fingerprint density at radius 3 is 2.67 bits per heavy atom. The van der Waals surface area contributed by atoms with E-state index in [1.165, 1.54) is 13.4 Å². The SMILES string of the molecule is CCn1ncnc1CC(C(=O)O)(C(=O)OC)C1CCCC1. The second-order valence-electron chi connectivity index (χ2n) is 5.42. The van der Waals surface area contributed by atoms with Gasteiger partial charge in [0.25, 0.3) is 0 Å². The number of rotatable bonds is 6. The van der Waals surface area contributed by atoms with Crippen LogP contribution >= 0.6 is 0 Å². The summed E-state index contributed by atoms with van der Waals surface area (Å²) in [4.78, 5) is 28.4. The molecule has 1 fully saturated rings. The number of aliphatic carboxylic acids is 1. The van der Waals surface area contributed by atoms with Gasteiger partial charge in [0, 0.05) is 13.0 Å². The second-order valence-corrected chi connectivity index (χ2v) is 5.42. The number of aryl methyl sites for hydroxylation is 1. The fourth-order valence-electron chi connectivity index (χ4n) is 3.26. The molecule has 116 valence electrons. The van der Waals surface area contributed by atoms with Crippen LogP contribution in [0.4, 0.5) is 0 Å². The molecule has 1 aromatic heterocycles. The molecule has 0 saturated heterocycles. The summed E-state index contributed by atoms with van der Waals surface area (Å²) < 4.78 is 6.46. The minimum Gasteiger partial charge on any atom is -0.480 e. The van der Waals surface area contributed by atoms with E-state index < -0.39 is 17.4 Å². The van der Waals surface area contributed by atoms with Gasteiger partial charge in [0.15, 0.2) is 5.41 Å². The molecule has 1 aliphatic carbocycles. The third-order valence-corrected chi connectivity index (χ3v) is 4.42. The normalized spacial score (nSPS) is 18.4. The summed E-state index contributed by atoms with van der Waals surface area (Å²) in [5, 5.41) is 13.8. The molecule has 1 unspecified atom stereocenters. The lowest BCUT2D eigenvalue weighted by Crippen LogP contribution is -2.48. The first-order valence-corrected chi connectivity index (χ1v) is 7.24. The molecule has 21 heavy (non-hydrogen) atoms. The van der Waals surface area contributed by atoms with Crippen LogP contribution in [0.1, 0.15) is 38.4 Å². The molecule has 0 aliphatic heterocycles. The van der Waals surface area contributed by atoms with E-state index in [0.29, 0.717) is 12.4 Å². The Bertz CT molecular complexity index is 522. The van der Waals surface area contributed by atoms with Gasteiger partial charge in [-0.2, -0.15) is 5.10 Å². The zero-order valence-corrected chi connectivity index (χ0v) is 12.4. The van der Waals surface area contributed by atoms with Crippen molar-refractivity contribution in [1.29, 1.82) is 0 Å². The van der Waals surface area contributed by atoms with Crippen molar-refractivity contribution in [3.05, 3.63) is 12.2 Å². The first kappa shape index (κ1) is 15.5. The van der Waals surface area contributed by atoms with Gasteiger partial charge in [0.05, 0.1) is 7.11 Å². The minimum atomic E-state index is -1.56. The Balaban J connectivity index is 2.43. The lowest BCUT2D eigenvalue weighted by Gasteiger charge is -2.31. The second kappa shape index (κ2) is 6.24. The average Bonchev–Trinajstić information content (AvgIpc) is 3.14. The fraction of sp³-hybridized carbons (Fsp3) is 0.714. The Labute approximate surface area is 123 Å². The van der Waals surface area contributed by atoms with Gasteiger partial charge in [0.2, 0.25) is 0 Å². The third kappa shape index (κ3) is 2.64. The summed E-state index contributed by atoms with van der Waals surface area (Å²) in [7, 11) is 1.24. The first-order chi connectivity index (χ1) is 10.1. The largest absolute Gasteiger partial charge is 0.480 e. The Kier molecular flexibility index (Phi) is 4.59. The number of aromatic nitrogens is 3. The van der Waals surface area contributed by atoms with Gasteiger partial charge >= 0.3 is 11.9 Å². The van der Waals surface area contributed by atoms with Crippen molar-refractivity contribution in [3.8, 4) is 0 Å². The lowest BCUT2D eigenvalue weighted by molar-refractivity contribution is -0.171. The third-order valence-electron chi connectivity index (χ3n) is 4.42. The monoisotopic (exact) mass is 295 g/mol. The van der Waals surface area contributed by atoms with Gasteiger partial charge in [-0.1, -0.05) is 12.8 Å². The number of carboxylic acid groups (broad SMARTS) is 1. The number of methoxy groups -OCH3 is 1. The van der Waals surface area contributed by atoms with Crippen LogP contribution in [0.2, 0.25) is 0 Å². The van der Waals surface area contributed by atoms with Crippen LogP contribution in [0.5, 0.6) is 0 Å². The number of carbonyl (C=O) groups excluding carboxylic acids is 1. The van der Waals surface area contributed by atoms with Crippen molar-refractivity contribution in [1.82, 2.24) is 14.8 Å². The lowest BCUT2D eigenvalue weighted by atomic mass is 9.71. The molecule has 1 N–H and O–H groups in total. The number of hydrogen-bond donors (Lipinski definition) is 1. The molecule has 0 aromatic carbocycles. The van der Waals surface area contributed by atoms with Crippen molar-refractivity contribution >= 4 is 11.9 Å². The van der Waals surface area contributed by atoms with Crippen LogP contribution < -0.4 is 0 Å². The minimum absolute atomic E-state index is 0.0213. The zero-order chi connectivity index (χ0) is 15.5. The van der Waals surface area contributed by atoms with Crippen LogP contribution in [0, 0.1) is 11.3 Å². The van der Waals surface area contributed by atoms with Crippen LogP contribution in [0.15, 0.2) is 6.33 Å². The summed E-state index contributed by atoms with van der Waals surface area (Å²) in [6.45, 7) is 2.48. The quantitative estimate of drug-likeness (QED) is 0.627. The summed E-state index contributed by atoms with van der Waals surface area (Å²) in [6.07, 6.45) is 4.74. The van der Waals surface area contributed by atoms with E-state index in [9.17, 15) is 14.7 Å². The first-order valence-electron chi connectivity index (χ1n) is 7.24. The van der Waals surface area contributed by atoms with Crippen LogP contribution in [0.3, 0.4) is 0 Å². The number of esters is 1. The van der Waals surface area contributed by atoms with Crippen molar-refractivity contribution in [2.75, 3.05) is 7.11 Å². The Morgan fingerprint density at radius 1 is 1.48 bits per heavy atom. The molecule has 2 rings (SSSR count). The number of ether oxygens (including phenoxy) is 1. The van der Waals surface area contributed by atoms with Gasteiger partial charge in [0.1, 0.15) is 12.2 Å². The van der Waals surface area contributed by atoms with Crippen LogP contribution in [-0.2, 0) is 27.3 Å². The number of hydrogen-bond acceptors (Lipinski definition) is 5. The standard InChI is InChI=1S/C14H21N3O4/c1-3-17-11(15-9-16-17)8-14(12(18)19,13(20)21-2)10-6-4-5-7-10/h9-10H,3-8H2,1-2H3,(H,18,19).